The van der Waals surface area contributed by atoms with E-state index in [1.54, 1.807) is 29.7 Å². The molecule has 0 aliphatic rings. The summed E-state index contributed by atoms with van der Waals surface area (Å²) in [6, 6.07) is 5.98. The predicted octanol–water partition coefficient (Wildman–Crippen LogP) is 3.85. The number of amides is 1. The van der Waals surface area contributed by atoms with Crippen molar-refractivity contribution in [3.05, 3.63) is 57.9 Å². The molecule has 2 heterocycles. The van der Waals surface area contributed by atoms with E-state index in [-0.39, 0.29) is 11.9 Å². The molecule has 1 atom stereocenters. The van der Waals surface area contributed by atoms with E-state index in [9.17, 15) is 4.79 Å². The number of nitrogens with zero attached hydrogens (tertiary/aromatic N) is 1. The molecule has 0 saturated heterocycles. The maximum Gasteiger partial charge on any atom is 0.253 e. The molecule has 1 amide bonds. The van der Waals surface area contributed by atoms with Gasteiger partial charge < -0.3 is 10.6 Å². The average Bonchev–Trinajstić information content (AvgIpc) is 2.84. The van der Waals surface area contributed by atoms with Crippen molar-refractivity contribution in [1.82, 2.24) is 10.3 Å². The van der Waals surface area contributed by atoms with E-state index in [0.29, 0.717) is 12.1 Å². The lowest BCUT2D eigenvalue weighted by atomic mass is 10.1. The molecule has 2 aromatic rings. The standard InChI is InChI=1S/C17H21N3OS/c1-5-8-18-17(21)14-6-7-16(19-10-14)20-12(3)15-9-11(2)22-13(15)4/h5-7,9-10,12H,1,8H2,2-4H3,(H,18,21)(H,19,20). The van der Waals surface area contributed by atoms with Crippen molar-refractivity contribution in [3.63, 3.8) is 0 Å². The number of hydrogen-bond acceptors (Lipinski definition) is 4. The zero-order valence-corrected chi connectivity index (χ0v) is 14.0. The largest absolute Gasteiger partial charge is 0.364 e. The van der Waals surface area contributed by atoms with Gasteiger partial charge in [-0.3, -0.25) is 4.79 Å². The lowest BCUT2D eigenvalue weighted by Crippen LogP contribution is -2.23. The van der Waals surface area contributed by atoms with Crippen LogP contribution in [0.1, 0.15) is 38.6 Å². The molecule has 0 aliphatic heterocycles. The van der Waals surface area contributed by atoms with E-state index >= 15 is 0 Å². The Morgan fingerprint density at radius 3 is 2.77 bits per heavy atom. The van der Waals surface area contributed by atoms with Crippen LogP contribution in [0.25, 0.3) is 0 Å². The minimum absolute atomic E-state index is 0.142. The molecule has 22 heavy (non-hydrogen) atoms. The maximum absolute atomic E-state index is 11.8. The van der Waals surface area contributed by atoms with Crippen molar-refractivity contribution in [1.29, 1.82) is 0 Å². The normalized spacial score (nSPS) is 11.8. The highest BCUT2D eigenvalue weighted by atomic mass is 32.1. The van der Waals surface area contributed by atoms with Crippen molar-refractivity contribution in [2.75, 3.05) is 11.9 Å². The molecule has 0 fully saturated rings. The van der Waals surface area contributed by atoms with E-state index in [1.165, 1.54) is 15.3 Å². The average molecular weight is 315 g/mol. The molecular weight excluding hydrogens is 294 g/mol. The number of thiophene rings is 1. The third kappa shape index (κ3) is 3.95. The van der Waals surface area contributed by atoms with Gasteiger partial charge in [-0.15, -0.1) is 17.9 Å². The van der Waals surface area contributed by atoms with Gasteiger partial charge in [0, 0.05) is 22.5 Å². The Morgan fingerprint density at radius 2 is 2.23 bits per heavy atom. The number of carbonyl (C=O) groups excluding carboxylic acids is 1. The van der Waals surface area contributed by atoms with Gasteiger partial charge in [-0.05, 0) is 44.5 Å². The van der Waals surface area contributed by atoms with Gasteiger partial charge in [0.2, 0.25) is 0 Å². The number of hydrogen-bond donors (Lipinski definition) is 2. The zero-order chi connectivity index (χ0) is 16.1. The highest BCUT2D eigenvalue weighted by molar-refractivity contribution is 7.12. The first-order valence-corrected chi connectivity index (χ1v) is 8.01. The van der Waals surface area contributed by atoms with Gasteiger partial charge in [-0.2, -0.15) is 0 Å². The summed E-state index contributed by atoms with van der Waals surface area (Å²) in [6.45, 7) is 10.4. The molecule has 5 heteroatoms. The molecule has 0 aliphatic carbocycles. The minimum atomic E-state index is -0.142. The maximum atomic E-state index is 11.8. The number of nitrogens with one attached hydrogen (secondary N) is 2. The fraction of sp³-hybridized carbons (Fsp3) is 0.294. The summed E-state index contributed by atoms with van der Waals surface area (Å²) in [7, 11) is 0. The fourth-order valence-electron chi connectivity index (χ4n) is 2.26. The van der Waals surface area contributed by atoms with Crippen LogP contribution in [-0.4, -0.2) is 17.4 Å². The van der Waals surface area contributed by atoms with Crippen molar-refractivity contribution in [3.8, 4) is 0 Å². The van der Waals surface area contributed by atoms with Crippen LogP contribution in [-0.2, 0) is 0 Å². The van der Waals surface area contributed by atoms with E-state index in [0.717, 1.165) is 5.82 Å². The van der Waals surface area contributed by atoms with Crippen LogP contribution in [0.5, 0.6) is 0 Å². The predicted molar refractivity (Wildman–Crippen MR) is 92.6 cm³/mol. The second kappa shape index (κ2) is 7.22. The first-order chi connectivity index (χ1) is 10.5. The molecule has 1 unspecified atom stereocenters. The van der Waals surface area contributed by atoms with Crippen molar-refractivity contribution in [2.24, 2.45) is 0 Å². The summed E-state index contributed by atoms with van der Waals surface area (Å²) >= 11 is 1.80. The number of aromatic nitrogens is 1. The second-order valence-corrected chi connectivity index (χ2v) is 6.63. The molecule has 0 radical (unpaired) electrons. The smallest absolute Gasteiger partial charge is 0.253 e. The van der Waals surface area contributed by atoms with Crippen LogP contribution >= 0.6 is 11.3 Å². The van der Waals surface area contributed by atoms with Crippen molar-refractivity contribution >= 4 is 23.1 Å². The van der Waals surface area contributed by atoms with Crippen LogP contribution in [0.15, 0.2) is 37.1 Å². The van der Waals surface area contributed by atoms with Crippen LogP contribution in [0.3, 0.4) is 0 Å². The van der Waals surface area contributed by atoms with E-state index in [4.69, 9.17) is 0 Å². The molecule has 4 nitrogen and oxygen atoms in total. The first-order valence-electron chi connectivity index (χ1n) is 7.20. The third-order valence-corrected chi connectivity index (χ3v) is 4.32. The molecule has 2 aromatic heterocycles. The summed E-state index contributed by atoms with van der Waals surface area (Å²) < 4.78 is 0. The molecule has 0 saturated carbocycles. The van der Waals surface area contributed by atoms with Gasteiger partial charge >= 0.3 is 0 Å². The van der Waals surface area contributed by atoms with Gasteiger partial charge in [0.25, 0.3) is 5.91 Å². The van der Waals surface area contributed by atoms with E-state index in [2.05, 4.69) is 49.0 Å². The van der Waals surface area contributed by atoms with Crippen LogP contribution < -0.4 is 10.6 Å². The summed E-state index contributed by atoms with van der Waals surface area (Å²) in [4.78, 5) is 18.7. The lowest BCUT2D eigenvalue weighted by molar-refractivity contribution is 0.0957. The van der Waals surface area contributed by atoms with E-state index in [1.807, 2.05) is 6.07 Å². The van der Waals surface area contributed by atoms with Gasteiger partial charge in [0.1, 0.15) is 5.82 Å². The molecule has 2 rings (SSSR count). The number of anilines is 1. The number of carbonyl (C=O) groups is 1. The minimum Gasteiger partial charge on any atom is -0.364 e. The molecule has 116 valence electrons. The molecule has 0 aromatic carbocycles. The van der Waals surface area contributed by atoms with Gasteiger partial charge in [0.05, 0.1) is 11.6 Å². The summed E-state index contributed by atoms with van der Waals surface area (Å²) in [5.41, 5.74) is 1.83. The van der Waals surface area contributed by atoms with Crippen LogP contribution in [0, 0.1) is 13.8 Å². The Hall–Kier alpha value is -2.14. The Bertz CT molecular complexity index is 661. The Labute approximate surface area is 135 Å². The SMILES string of the molecule is C=CCNC(=O)c1ccc(NC(C)c2cc(C)sc2C)nc1. The molecule has 0 bridgehead atoms. The monoisotopic (exact) mass is 315 g/mol. The molecule has 2 N–H and O–H groups in total. The fourth-order valence-corrected chi connectivity index (χ4v) is 3.28. The Morgan fingerprint density at radius 1 is 1.45 bits per heavy atom. The van der Waals surface area contributed by atoms with Gasteiger partial charge in [-0.25, -0.2) is 4.98 Å². The Balaban J connectivity index is 2.03. The molecule has 0 spiro atoms. The second-order valence-electron chi connectivity index (χ2n) is 5.17. The summed E-state index contributed by atoms with van der Waals surface area (Å²) in [6.07, 6.45) is 3.23. The molecular formula is C17H21N3OS. The van der Waals surface area contributed by atoms with Crippen molar-refractivity contribution in [2.45, 2.75) is 26.8 Å². The Kier molecular flexibility index (Phi) is 5.33. The zero-order valence-electron chi connectivity index (χ0n) is 13.1. The van der Waals surface area contributed by atoms with Crippen molar-refractivity contribution < 1.29 is 4.79 Å². The number of rotatable bonds is 6. The van der Waals surface area contributed by atoms with Crippen LogP contribution in [0.4, 0.5) is 5.82 Å². The topological polar surface area (TPSA) is 54.0 Å². The highest BCUT2D eigenvalue weighted by Crippen LogP contribution is 2.28. The van der Waals surface area contributed by atoms with Gasteiger partial charge in [-0.1, -0.05) is 6.08 Å². The van der Waals surface area contributed by atoms with Gasteiger partial charge in [0.15, 0.2) is 0 Å². The first kappa shape index (κ1) is 16.2. The summed E-state index contributed by atoms with van der Waals surface area (Å²) in [5, 5.41) is 6.10. The third-order valence-electron chi connectivity index (χ3n) is 3.34. The number of pyridine rings is 1. The van der Waals surface area contributed by atoms with E-state index < -0.39 is 0 Å². The number of aryl methyl sites for hydroxylation is 2. The lowest BCUT2D eigenvalue weighted by Gasteiger charge is -2.14. The van der Waals surface area contributed by atoms with Crippen LogP contribution in [0.2, 0.25) is 0 Å². The quantitative estimate of drug-likeness (QED) is 0.796. The summed E-state index contributed by atoms with van der Waals surface area (Å²) in [5.74, 6) is 0.618. The highest BCUT2D eigenvalue weighted by Gasteiger charge is 2.12.